The molecule has 0 bridgehead atoms. The van der Waals surface area contributed by atoms with Gasteiger partial charge < -0.3 is 10.1 Å². The lowest BCUT2D eigenvalue weighted by molar-refractivity contribution is -0.0939. The molecule has 110 valence electrons. The Labute approximate surface area is 118 Å². The highest BCUT2D eigenvalue weighted by Crippen LogP contribution is 2.33. The van der Waals surface area contributed by atoms with E-state index in [-0.39, 0.29) is 5.60 Å². The number of likely N-dealkylation sites (tertiary alicyclic amines) is 1. The summed E-state index contributed by atoms with van der Waals surface area (Å²) in [5.74, 6) is 0. The molecule has 1 aliphatic carbocycles. The van der Waals surface area contributed by atoms with Crippen molar-refractivity contribution < 1.29 is 4.74 Å². The second-order valence-corrected chi connectivity index (χ2v) is 6.81. The lowest BCUT2D eigenvalue weighted by Crippen LogP contribution is -2.49. The standard InChI is InChI=1S/C16H30N2O/c1-3-16(4-2)11-13(8-10-19-16)17-14-7-9-18(12-14)15-5-6-15/h13-15,17H,3-12H2,1-2H3. The number of nitrogens with zero attached hydrogens (tertiary/aromatic N) is 1. The Bertz CT molecular complexity index is 299. The van der Waals surface area contributed by atoms with Crippen molar-refractivity contribution in [3.05, 3.63) is 0 Å². The quantitative estimate of drug-likeness (QED) is 0.827. The summed E-state index contributed by atoms with van der Waals surface area (Å²) in [7, 11) is 0. The molecule has 2 aliphatic heterocycles. The van der Waals surface area contributed by atoms with Crippen LogP contribution >= 0.6 is 0 Å². The van der Waals surface area contributed by atoms with E-state index in [0.29, 0.717) is 6.04 Å². The van der Waals surface area contributed by atoms with Crippen LogP contribution in [0.3, 0.4) is 0 Å². The van der Waals surface area contributed by atoms with Crippen molar-refractivity contribution >= 4 is 0 Å². The number of hydrogen-bond donors (Lipinski definition) is 1. The van der Waals surface area contributed by atoms with Crippen molar-refractivity contribution in [3.63, 3.8) is 0 Å². The van der Waals surface area contributed by atoms with Gasteiger partial charge in [-0.2, -0.15) is 0 Å². The highest BCUT2D eigenvalue weighted by molar-refractivity contribution is 4.95. The van der Waals surface area contributed by atoms with Gasteiger partial charge in [-0.15, -0.1) is 0 Å². The minimum atomic E-state index is 0.157. The van der Waals surface area contributed by atoms with Crippen molar-refractivity contribution in [2.24, 2.45) is 0 Å². The van der Waals surface area contributed by atoms with E-state index < -0.39 is 0 Å². The second-order valence-electron chi connectivity index (χ2n) is 6.81. The van der Waals surface area contributed by atoms with Gasteiger partial charge in [0.05, 0.1) is 5.60 Å². The van der Waals surface area contributed by atoms with Gasteiger partial charge >= 0.3 is 0 Å². The second kappa shape index (κ2) is 5.71. The minimum absolute atomic E-state index is 0.157. The summed E-state index contributed by atoms with van der Waals surface area (Å²) in [6.07, 6.45) is 8.94. The van der Waals surface area contributed by atoms with Gasteiger partial charge in [0, 0.05) is 37.8 Å². The Morgan fingerprint density at radius 3 is 2.58 bits per heavy atom. The smallest absolute Gasteiger partial charge is 0.0692 e. The molecule has 2 unspecified atom stereocenters. The molecule has 0 spiro atoms. The fourth-order valence-electron chi connectivity index (χ4n) is 3.94. The Morgan fingerprint density at radius 2 is 1.89 bits per heavy atom. The van der Waals surface area contributed by atoms with Crippen LogP contribution in [0.5, 0.6) is 0 Å². The van der Waals surface area contributed by atoms with Crippen LogP contribution in [0.15, 0.2) is 0 Å². The van der Waals surface area contributed by atoms with E-state index in [1.54, 1.807) is 0 Å². The first-order chi connectivity index (χ1) is 9.24. The molecule has 3 nitrogen and oxygen atoms in total. The molecule has 2 atom stereocenters. The van der Waals surface area contributed by atoms with E-state index in [2.05, 4.69) is 24.1 Å². The Kier molecular flexibility index (Phi) is 4.16. The first-order valence-electron chi connectivity index (χ1n) is 8.39. The van der Waals surface area contributed by atoms with Crippen LogP contribution in [0.4, 0.5) is 0 Å². The van der Waals surface area contributed by atoms with Crippen LogP contribution in [0, 0.1) is 0 Å². The number of nitrogens with one attached hydrogen (secondary N) is 1. The zero-order valence-electron chi connectivity index (χ0n) is 12.7. The highest BCUT2D eigenvalue weighted by Gasteiger charge is 2.38. The van der Waals surface area contributed by atoms with Gasteiger partial charge in [-0.3, -0.25) is 4.90 Å². The average Bonchev–Trinajstić information content (AvgIpc) is 3.20. The summed E-state index contributed by atoms with van der Waals surface area (Å²) in [6.45, 7) is 8.09. The van der Waals surface area contributed by atoms with Gasteiger partial charge in [-0.05, 0) is 44.9 Å². The van der Waals surface area contributed by atoms with Crippen molar-refractivity contribution in [3.8, 4) is 0 Å². The van der Waals surface area contributed by atoms with Crippen molar-refractivity contribution in [2.75, 3.05) is 19.7 Å². The zero-order valence-corrected chi connectivity index (χ0v) is 12.7. The minimum Gasteiger partial charge on any atom is -0.375 e. The molecular formula is C16H30N2O. The fourth-order valence-corrected chi connectivity index (χ4v) is 3.94. The summed E-state index contributed by atoms with van der Waals surface area (Å²) in [5, 5.41) is 3.93. The molecule has 1 N–H and O–H groups in total. The van der Waals surface area contributed by atoms with Crippen molar-refractivity contribution in [2.45, 2.75) is 82.5 Å². The normalized spacial score (nSPS) is 35.7. The predicted octanol–water partition coefficient (Wildman–Crippen LogP) is 2.55. The molecule has 0 aromatic carbocycles. The van der Waals surface area contributed by atoms with Crippen LogP contribution in [0.1, 0.15) is 58.8 Å². The summed E-state index contributed by atoms with van der Waals surface area (Å²) in [4.78, 5) is 2.70. The third-order valence-corrected chi connectivity index (χ3v) is 5.54. The topological polar surface area (TPSA) is 24.5 Å². The lowest BCUT2D eigenvalue weighted by Gasteiger charge is -2.41. The molecule has 3 aliphatic rings. The average molecular weight is 266 g/mol. The molecule has 0 amide bonds. The molecule has 1 saturated carbocycles. The van der Waals surface area contributed by atoms with Gasteiger partial charge in [0.15, 0.2) is 0 Å². The van der Waals surface area contributed by atoms with Gasteiger partial charge in [-0.1, -0.05) is 13.8 Å². The maximum Gasteiger partial charge on any atom is 0.0692 e. The third-order valence-electron chi connectivity index (χ3n) is 5.54. The van der Waals surface area contributed by atoms with E-state index >= 15 is 0 Å². The van der Waals surface area contributed by atoms with Crippen molar-refractivity contribution in [1.82, 2.24) is 10.2 Å². The van der Waals surface area contributed by atoms with Crippen LogP contribution in [0.25, 0.3) is 0 Å². The SMILES string of the molecule is CCC1(CC)CC(NC2CCN(C3CC3)C2)CCO1. The van der Waals surface area contributed by atoms with Crippen molar-refractivity contribution in [1.29, 1.82) is 0 Å². The van der Waals surface area contributed by atoms with Crippen LogP contribution in [0.2, 0.25) is 0 Å². The Hall–Kier alpha value is -0.120. The molecule has 3 fully saturated rings. The summed E-state index contributed by atoms with van der Waals surface area (Å²) < 4.78 is 6.08. The van der Waals surface area contributed by atoms with E-state index in [1.165, 1.54) is 45.2 Å². The Balaban J connectivity index is 1.49. The maximum atomic E-state index is 6.08. The van der Waals surface area contributed by atoms with Gasteiger partial charge in [0.2, 0.25) is 0 Å². The Morgan fingerprint density at radius 1 is 1.11 bits per heavy atom. The van der Waals surface area contributed by atoms with Crippen LogP contribution in [-0.2, 0) is 4.74 Å². The van der Waals surface area contributed by atoms with Gasteiger partial charge in [-0.25, -0.2) is 0 Å². The molecule has 0 radical (unpaired) electrons. The third kappa shape index (κ3) is 3.14. The summed E-state index contributed by atoms with van der Waals surface area (Å²) >= 11 is 0. The van der Waals surface area contributed by atoms with Gasteiger partial charge in [0.1, 0.15) is 0 Å². The van der Waals surface area contributed by atoms with Gasteiger partial charge in [0.25, 0.3) is 0 Å². The van der Waals surface area contributed by atoms with Crippen LogP contribution < -0.4 is 5.32 Å². The molecule has 3 heteroatoms. The number of ether oxygens (including phenoxy) is 1. The first-order valence-corrected chi connectivity index (χ1v) is 8.39. The predicted molar refractivity (Wildman–Crippen MR) is 78.4 cm³/mol. The molecule has 19 heavy (non-hydrogen) atoms. The van der Waals surface area contributed by atoms with E-state index in [0.717, 1.165) is 31.5 Å². The molecule has 0 aromatic rings. The van der Waals surface area contributed by atoms with E-state index in [1.807, 2.05) is 0 Å². The monoisotopic (exact) mass is 266 g/mol. The number of rotatable bonds is 5. The molecule has 2 heterocycles. The molecular weight excluding hydrogens is 236 g/mol. The summed E-state index contributed by atoms with van der Waals surface area (Å²) in [5.41, 5.74) is 0.157. The lowest BCUT2D eigenvalue weighted by atomic mass is 9.85. The highest BCUT2D eigenvalue weighted by atomic mass is 16.5. The fraction of sp³-hybridized carbons (Fsp3) is 1.00. The molecule has 3 rings (SSSR count). The molecule has 2 saturated heterocycles. The van der Waals surface area contributed by atoms with E-state index in [4.69, 9.17) is 4.74 Å². The number of hydrogen-bond acceptors (Lipinski definition) is 3. The maximum absolute atomic E-state index is 6.08. The van der Waals surface area contributed by atoms with E-state index in [9.17, 15) is 0 Å². The first kappa shape index (κ1) is 13.8. The molecule has 0 aromatic heterocycles. The largest absolute Gasteiger partial charge is 0.375 e. The summed E-state index contributed by atoms with van der Waals surface area (Å²) in [6, 6.07) is 2.35. The van der Waals surface area contributed by atoms with Crippen LogP contribution in [-0.4, -0.2) is 48.3 Å². The zero-order chi connectivity index (χ0) is 13.3.